The molecule has 2 aliphatic rings. The Morgan fingerprint density at radius 3 is 2.62 bits per heavy atom. The predicted octanol–water partition coefficient (Wildman–Crippen LogP) is 3.11. The molecule has 1 amide bonds. The van der Waals surface area contributed by atoms with Gasteiger partial charge in [0.25, 0.3) is 0 Å². The monoisotopic (exact) mass is 393 g/mol. The second kappa shape index (κ2) is 7.60. The van der Waals surface area contributed by atoms with Gasteiger partial charge in [-0.1, -0.05) is 12.1 Å². The Labute approximate surface area is 152 Å². The van der Waals surface area contributed by atoms with Crippen molar-refractivity contribution in [3.05, 3.63) is 35.4 Å². The Kier molecular flexibility index (Phi) is 5.97. The number of hydrogen-bond donors (Lipinski definition) is 0. The van der Waals surface area contributed by atoms with Gasteiger partial charge in [0.05, 0.1) is 5.56 Å². The molecule has 2 unspecified atom stereocenters. The quantitative estimate of drug-likeness (QED) is 0.502. The zero-order valence-corrected chi connectivity index (χ0v) is 16.5. The van der Waals surface area contributed by atoms with E-state index in [2.05, 4.69) is 23.8 Å². The summed E-state index contributed by atoms with van der Waals surface area (Å²) < 4.78 is 10.1. The van der Waals surface area contributed by atoms with Crippen molar-refractivity contribution in [1.29, 1.82) is 0 Å². The van der Waals surface area contributed by atoms with E-state index in [4.69, 9.17) is 9.47 Å². The molecule has 3 rings (SSSR count). The normalized spacial score (nSPS) is 22.4. The number of benzene rings is 1. The SMILES string of the molecule is CC1CCN(C(=O)OC(C)(C)C)C1[As].O=C1OCc2cccc1c2. The summed E-state index contributed by atoms with van der Waals surface area (Å²) in [7, 11) is 0. The molecule has 0 spiro atoms. The van der Waals surface area contributed by atoms with E-state index in [1.54, 1.807) is 11.0 Å². The molecule has 2 heterocycles. The third-order valence-electron chi connectivity index (χ3n) is 3.81. The van der Waals surface area contributed by atoms with Crippen LogP contribution in [-0.4, -0.2) is 50.8 Å². The van der Waals surface area contributed by atoms with Crippen molar-refractivity contribution in [3.63, 3.8) is 0 Å². The molecule has 2 atom stereocenters. The molecule has 1 fully saturated rings. The van der Waals surface area contributed by atoms with E-state index in [1.807, 2.05) is 39.0 Å². The first-order valence-corrected chi connectivity index (χ1v) is 9.19. The number of fused-ring (bicyclic) bond motifs is 2. The molecule has 1 saturated heterocycles. The van der Waals surface area contributed by atoms with Crippen LogP contribution in [0, 0.1) is 5.92 Å². The van der Waals surface area contributed by atoms with Crippen molar-refractivity contribution < 1.29 is 19.1 Å². The number of esters is 1. The Bertz CT molecular complexity index is 611. The fraction of sp³-hybridized carbons (Fsp3) is 0.556. The van der Waals surface area contributed by atoms with Crippen LogP contribution < -0.4 is 0 Å². The van der Waals surface area contributed by atoms with Crippen LogP contribution in [0.4, 0.5) is 4.79 Å². The average molecular weight is 393 g/mol. The summed E-state index contributed by atoms with van der Waals surface area (Å²) in [6.07, 6.45) is 0.881. The van der Waals surface area contributed by atoms with Gasteiger partial charge in [0.1, 0.15) is 6.61 Å². The fourth-order valence-corrected chi connectivity index (χ4v) is 3.22. The number of cyclic esters (lactones) is 1. The summed E-state index contributed by atoms with van der Waals surface area (Å²) in [5.41, 5.74) is 1.33. The van der Waals surface area contributed by atoms with E-state index in [-0.39, 0.29) is 16.9 Å². The maximum atomic E-state index is 11.7. The molecule has 0 N–H and O–H groups in total. The largest absolute Gasteiger partial charge is 0.457 e. The third-order valence-corrected chi connectivity index (χ3v) is 5.47. The van der Waals surface area contributed by atoms with Gasteiger partial charge < -0.3 is 4.74 Å². The standard InChI is InChI=1S/C10H18AsNO2.C8H6O2/c1-7-5-6-12(8(7)11)9(13)14-10(2,3)4;9-8-7-3-1-2-6(4-7)5-10-8/h7-8H,5-6H2,1-4H3;1-4H,5H2. The minimum absolute atomic E-state index is 0.188. The second-order valence-corrected chi connectivity index (χ2v) is 8.24. The molecule has 6 heteroatoms. The molecule has 0 aromatic heterocycles. The van der Waals surface area contributed by atoms with Gasteiger partial charge in [-0.15, -0.1) is 0 Å². The van der Waals surface area contributed by atoms with Crippen LogP contribution in [0.3, 0.4) is 0 Å². The van der Waals surface area contributed by atoms with Crippen LogP contribution in [0.1, 0.15) is 50.0 Å². The van der Waals surface area contributed by atoms with Crippen molar-refractivity contribution >= 4 is 28.9 Å². The summed E-state index contributed by atoms with van der Waals surface area (Å²) in [5.74, 6) is 0.343. The zero-order valence-electron chi connectivity index (χ0n) is 14.6. The number of likely N-dealkylation sites (tertiary alicyclic amines) is 1. The fourth-order valence-electron chi connectivity index (χ4n) is 2.47. The first-order chi connectivity index (χ1) is 11.2. The van der Waals surface area contributed by atoms with E-state index in [9.17, 15) is 9.59 Å². The van der Waals surface area contributed by atoms with E-state index < -0.39 is 5.60 Å². The molecule has 5 nitrogen and oxygen atoms in total. The minimum atomic E-state index is -0.393. The Morgan fingerprint density at radius 1 is 1.38 bits per heavy atom. The van der Waals surface area contributed by atoms with E-state index in [0.29, 0.717) is 18.1 Å². The first kappa shape index (κ1) is 18.9. The summed E-state index contributed by atoms with van der Waals surface area (Å²) in [6.45, 7) is 9.08. The number of nitrogens with zero attached hydrogens (tertiary/aromatic N) is 1. The smallest absolute Gasteiger partial charge is 0.338 e. The van der Waals surface area contributed by atoms with Crippen LogP contribution in [0.25, 0.3) is 0 Å². The van der Waals surface area contributed by atoms with Gasteiger partial charge in [-0.3, -0.25) is 0 Å². The topological polar surface area (TPSA) is 55.8 Å². The van der Waals surface area contributed by atoms with Gasteiger partial charge in [-0.25, -0.2) is 4.79 Å². The van der Waals surface area contributed by atoms with Gasteiger partial charge in [0.15, 0.2) is 0 Å². The molecular weight excluding hydrogens is 369 g/mol. The summed E-state index contributed by atoms with van der Waals surface area (Å²) in [4.78, 5) is 24.6. The Hall–Kier alpha value is -1.48. The van der Waals surface area contributed by atoms with Gasteiger partial charge in [0, 0.05) is 0 Å². The van der Waals surface area contributed by atoms with Gasteiger partial charge in [-0.2, -0.15) is 0 Å². The molecular formula is C18H24AsNO4. The molecule has 1 aromatic carbocycles. The van der Waals surface area contributed by atoms with E-state index >= 15 is 0 Å². The van der Waals surface area contributed by atoms with Crippen LogP contribution in [0.2, 0.25) is 0 Å². The zero-order chi connectivity index (χ0) is 17.9. The number of rotatable bonds is 0. The molecule has 130 valence electrons. The number of carbonyl (C=O) groups is 2. The van der Waals surface area contributed by atoms with Crippen LogP contribution in [-0.2, 0) is 16.1 Å². The van der Waals surface area contributed by atoms with Crippen LogP contribution in [0.5, 0.6) is 0 Å². The minimum Gasteiger partial charge on any atom is -0.457 e. The van der Waals surface area contributed by atoms with Crippen molar-refractivity contribution in [1.82, 2.24) is 4.90 Å². The van der Waals surface area contributed by atoms with Crippen LogP contribution >= 0.6 is 0 Å². The maximum Gasteiger partial charge on any atom is 0.338 e. The summed E-state index contributed by atoms with van der Waals surface area (Å²) in [5, 5.41) is 0. The Balaban J connectivity index is 0.000000182. The van der Waals surface area contributed by atoms with E-state index in [0.717, 1.165) is 18.5 Å². The number of amides is 1. The van der Waals surface area contributed by atoms with Crippen molar-refractivity contribution in [2.24, 2.45) is 5.92 Å². The molecule has 2 radical (unpaired) electrons. The van der Waals surface area contributed by atoms with Crippen molar-refractivity contribution in [2.75, 3.05) is 6.54 Å². The molecule has 2 aliphatic heterocycles. The van der Waals surface area contributed by atoms with Gasteiger partial charge >= 0.3 is 100 Å². The number of hydrogen-bond acceptors (Lipinski definition) is 4. The van der Waals surface area contributed by atoms with Gasteiger partial charge in [-0.05, 0) is 17.7 Å². The second-order valence-electron chi connectivity index (χ2n) is 7.13. The molecule has 0 saturated carbocycles. The van der Waals surface area contributed by atoms with Gasteiger partial charge in [0.2, 0.25) is 0 Å². The average Bonchev–Trinajstić information content (AvgIpc) is 2.83. The van der Waals surface area contributed by atoms with E-state index in [1.165, 1.54) is 0 Å². The van der Waals surface area contributed by atoms with Crippen LogP contribution in [0.15, 0.2) is 24.3 Å². The van der Waals surface area contributed by atoms with Crippen molar-refractivity contribution in [2.45, 2.75) is 51.2 Å². The first-order valence-electron chi connectivity index (χ1n) is 8.11. The molecule has 24 heavy (non-hydrogen) atoms. The molecule has 1 aromatic rings. The predicted molar refractivity (Wildman–Crippen MR) is 91.8 cm³/mol. The molecule has 0 aliphatic carbocycles. The summed E-state index contributed by atoms with van der Waals surface area (Å²) >= 11 is 2.56. The number of ether oxygens (including phenoxy) is 2. The number of carbonyl (C=O) groups excluding carboxylic acids is 2. The summed E-state index contributed by atoms with van der Waals surface area (Å²) in [6, 6.07) is 7.41. The van der Waals surface area contributed by atoms with Crippen molar-refractivity contribution in [3.8, 4) is 0 Å². The maximum absolute atomic E-state index is 11.7. The third kappa shape index (κ3) is 5.01. The molecule has 2 bridgehead atoms. The Morgan fingerprint density at radius 2 is 2.08 bits per heavy atom.